The molecule has 0 aliphatic carbocycles. The van der Waals surface area contributed by atoms with Crippen LogP contribution in [0.15, 0.2) is 42.6 Å². The fraction of sp³-hybridized carbons (Fsp3) is 0.364. The highest BCUT2D eigenvalue weighted by Gasteiger charge is 2.07. The standard InChI is InChI=1S/C22H26N2O/c1-5-6-7-17-8-11-20(12-9-17)24-21(25)18-10-13-19(23-16-18)14-15-22(2,3)4/h8-13,16H,5-7H2,1-4H3,(H,24,25). The molecule has 130 valence electrons. The van der Waals surface area contributed by atoms with Crippen LogP contribution < -0.4 is 5.32 Å². The van der Waals surface area contributed by atoms with Gasteiger partial charge in [0.2, 0.25) is 0 Å². The molecule has 0 radical (unpaired) electrons. The summed E-state index contributed by atoms with van der Waals surface area (Å²) in [6, 6.07) is 11.6. The Morgan fingerprint density at radius 2 is 1.84 bits per heavy atom. The Balaban J connectivity index is 1.99. The zero-order chi connectivity index (χ0) is 18.3. The van der Waals surface area contributed by atoms with Crippen LogP contribution in [0.5, 0.6) is 0 Å². The van der Waals surface area contributed by atoms with Gasteiger partial charge in [-0.25, -0.2) is 4.98 Å². The molecule has 0 unspecified atom stereocenters. The predicted molar refractivity (Wildman–Crippen MR) is 104 cm³/mol. The molecule has 1 aromatic carbocycles. The van der Waals surface area contributed by atoms with E-state index in [1.165, 1.54) is 18.4 Å². The monoisotopic (exact) mass is 334 g/mol. The first-order valence-electron chi connectivity index (χ1n) is 8.77. The van der Waals surface area contributed by atoms with Gasteiger partial charge < -0.3 is 5.32 Å². The van der Waals surface area contributed by atoms with E-state index >= 15 is 0 Å². The lowest BCUT2D eigenvalue weighted by Gasteiger charge is -2.07. The van der Waals surface area contributed by atoms with Gasteiger partial charge in [-0.1, -0.05) is 31.4 Å². The van der Waals surface area contributed by atoms with Gasteiger partial charge in [0.25, 0.3) is 5.91 Å². The molecule has 2 rings (SSSR count). The molecule has 0 atom stereocenters. The van der Waals surface area contributed by atoms with Gasteiger partial charge in [-0.2, -0.15) is 0 Å². The molecule has 0 saturated heterocycles. The summed E-state index contributed by atoms with van der Waals surface area (Å²) in [6.07, 6.45) is 5.01. The number of amides is 1. The Hall–Kier alpha value is -2.60. The topological polar surface area (TPSA) is 42.0 Å². The quantitative estimate of drug-likeness (QED) is 0.775. The largest absolute Gasteiger partial charge is 0.322 e. The third-order valence-electron chi connectivity index (χ3n) is 3.62. The normalized spacial score (nSPS) is 10.7. The van der Waals surface area contributed by atoms with E-state index in [2.05, 4.69) is 62.0 Å². The van der Waals surface area contributed by atoms with Gasteiger partial charge in [-0.15, -0.1) is 0 Å². The van der Waals surface area contributed by atoms with Crippen molar-refractivity contribution in [2.75, 3.05) is 5.32 Å². The van der Waals surface area contributed by atoms with Crippen LogP contribution in [0.4, 0.5) is 5.69 Å². The van der Waals surface area contributed by atoms with Gasteiger partial charge in [0, 0.05) is 17.3 Å². The first-order chi connectivity index (χ1) is 11.9. The van der Waals surface area contributed by atoms with Crippen molar-refractivity contribution in [3.05, 3.63) is 59.4 Å². The lowest BCUT2D eigenvalue weighted by atomic mass is 9.98. The molecule has 1 N–H and O–H groups in total. The van der Waals surface area contributed by atoms with Crippen LogP contribution in [0.2, 0.25) is 0 Å². The fourth-order valence-corrected chi connectivity index (χ4v) is 2.19. The Bertz CT molecular complexity index is 757. The molecule has 1 aromatic heterocycles. The van der Waals surface area contributed by atoms with Crippen molar-refractivity contribution in [3.8, 4) is 11.8 Å². The molecule has 0 aliphatic heterocycles. The first kappa shape index (κ1) is 18.7. The van der Waals surface area contributed by atoms with Crippen LogP contribution in [0.1, 0.15) is 62.2 Å². The molecule has 3 nitrogen and oxygen atoms in total. The molecule has 0 fully saturated rings. The summed E-state index contributed by atoms with van der Waals surface area (Å²) in [5.41, 5.74) is 3.22. The molecule has 3 heteroatoms. The third kappa shape index (κ3) is 6.43. The molecule has 1 heterocycles. The number of rotatable bonds is 5. The Labute approximate surface area is 150 Å². The number of nitrogens with one attached hydrogen (secondary N) is 1. The van der Waals surface area contributed by atoms with E-state index in [1.54, 1.807) is 18.3 Å². The van der Waals surface area contributed by atoms with Crippen LogP contribution in [0.3, 0.4) is 0 Å². The highest BCUT2D eigenvalue weighted by Crippen LogP contribution is 2.14. The van der Waals surface area contributed by atoms with Crippen molar-refractivity contribution in [3.63, 3.8) is 0 Å². The summed E-state index contributed by atoms with van der Waals surface area (Å²) in [5.74, 6) is 6.00. The zero-order valence-corrected chi connectivity index (χ0v) is 15.5. The smallest absolute Gasteiger partial charge is 0.257 e. The Kier molecular flexibility index (Phi) is 6.36. The second-order valence-corrected chi connectivity index (χ2v) is 7.19. The lowest BCUT2D eigenvalue weighted by Crippen LogP contribution is -2.12. The molecule has 25 heavy (non-hydrogen) atoms. The molecular weight excluding hydrogens is 308 g/mol. The van der Waals surface area contributed by atoms with Crippen molar-refractivity contribution in [2.45, 2.75) is 47.0 Å². The van der Waals surface area contributed by atoms with Crippen LogP contribution in [-0.4, -0.2) is 10.9 Å². The van der Waals surface area contributed by atoms with E-state index < -0.39 is 0 Å². The van der Waals surface area contributed by atoms with E-state index in [4.69, 9.17) is 0 Å². The van der Waals surface area contributed by atoms with Gasteiger partial charge in [0.15, 0.2) is 0 Å². The third-order valence-corrected chi connectivity index (χ3v) is 3.62. The van der Waals surface area contributed by atoms with E-state index in [1.807, 2.05) is 12.1 Å². The summed E-state index contributed by atoms with van der Waals surface area (Å²) in [5, 5.41) is 2.90. The van der Waals surface area contributed by atoms with Crippen molar-refractivity contribution >= 4 is 11.6 Å². The predicted octanol–water partition coefficient (Wildman–Crippen LogP) is 5.07. The average Bonchev–Trinajstić information content (AvgIpc) is 2.59. The number of unbranched alkanes of at least 4 members (excludes halogenated alkanes) is 1. The second kappa shape index (κ2) is 8.48. The van der Waals surface area contributed by atoms with Gasteiger partial charge >= 0.3 is 0 Å². The highest BCUT2D eigenvalue weighted by atomic mass is 16.1. The van der Waals surface area contributed by atoms with Crippen molar-refractivity contribution in [2.24, 2.45) is 5.41 Å². The maximum atomic E-state index is 12.3. The number of anilines is 1. The Morgan fingerprint density at radius 3 is 2.40 bits per heavy atom. The van der Waals surface area contributed by atoms with E-state index in [0.29, 0.717) is 11.3 Å². The SMILES string of the molecule is CCCCc1ccc(NC(=O)c2ccc(C#CC(C)(C)C)nc2)cc1. The minimum atomic E-state index is -0.163. The average molecular weight is 334 g/mol. The lowest BCUT2D eigenvalue weighted by molar-refractivity contribution is 0.102. The number of benzene rings is 1. The Morgan fingerprint density at radius 1 is 1.12 bits per heavy atom. The van der Waals surface area contributed by atoms with E-state index in [9.17, 15) is 4.79 Å². The van der Waals surface area contributed by atoms with Gasteiger partial charge in [0.05, 0.1) is 5.56 Å². The molecule has 0 saturated carbocycles. The van der Waals surface area contributed by atoms with Crippen molar-refractivity contribution < 1.29 is 4.79 Å². The van der Waals surface area contributed by atoms with Crippen molar-refractivity contribution in [1.29, 1.82) is 0 Å². The van der Waals surface area contributed by atoms with Gasteiger partial charge in [-0.3, -0.25) is 4.79 Å². The summed E-state index contributed by atoms with van der Waals surface area (Å²) in [6.45, 7) is 8.34. The fourth-order valence-electron chi connectivity index (χ4n) is 2.19. The number of hydrogen-bond acceptors (Lipinski definition) is 2. The highest BCUT2D eigenvalue weighted by molar-refractivity contribution is 6.04. The van der Waals surface area contributed by atoms with Crippen LogP contribution >= 0.6 is 0 Å². The van der Waals surface area contributed by atoms with Gasteiger partial charge in [0.1, 0.15) is 5.69 Å². The molecule has 1 amide bonds. The number of pyridine rings is 1. The number of carbonyl (C=O) groups excluding carboxylic acids is 1. The second-order valence-electron chi connectivity index (χ2n) is 7.19. The minimum Gasteiger partial charge on any atom is -0.322 e. The van der Waals surface area contributed by atoms with Crippen LogP contribution in [0.25, 0.3) is 0 Å². The van der Waals surface area contributed by atoms with E-state index in [-0.39, 0.29) is 11.3 Å². The molecule has 0 bridgehead atoms. The minimum absolute atomic E-state index is 0.0684. The number of aryl methyl sites for hydroxylation is 1. The summed E-state index contributed by atoms with van der Waals surface area (Å²) in [4.78, 5) is 16.6. The number of carbonyl (C=O) groups is 1. The molecular formula is C22H26N2O. The zero-order valence-electron chi connectivity index (χ0n) is 15.5. The van der Waals surface area contributed by atoms with Gasteiger partial charge in [-0.05, 0) is 69.4 Å². The summed E-state index contributed by atoms with van der Waals surface area (Å²) in [7, 11) is 0. The number of aromatic nitrogens is 1. The molecule has 0 aliphatic rings. The van der Waals surface area contributed by atoms with E-state index in [0.717, 1.165) is 12.1 Å². The number of nitrogens with zero attached hydrogens (tertiary/aromatic N) is 1. The molecule has 0 spiro atoms. The van der Waals surface area contributed by atoms with Crippen molar-refractivity contribution in [1.82, 2.24) is 4.98 Å². The van der Waals surface area contributed by atoms with Crippen LogP contribution in [-0.2, 0) is 6.42 Å². The summed E-state index contributed by atoms with van der Waals surface area (Å²) < 4.78 is 0. The first-order valence-corrected chi connectivity index (χ1v) is 8.77. The summed E-state index contributed by atoms with van der Waals surface area (Å²) >= 11 is 0. The van der Waals surface area contributed by atoms with Crippen LogP contribution in [0, 0.1) is 17.3 Å². The molecule has 2 aromatic rings. The number of hydrogen-bond donors (Lipinski definition) is 1. The maximum Gasteiger partial charge on any atom is 0.257 e. The maximum absolute atomic E-state index is 12.3.